The lowest BCUT2D eigenvalue weighted by molar-refractivity contribution is -0.143. The van der Waals surface area contributed by atoms with Crippen molar-refractivity contribution in [3.8, 4) is 0 Å². The molecule has 6 nitrogen and oxygen atoms in total. The molecule has 2 unspecified atom stereocenters. The molecule has 0 aliphatic rings. The molecule has 0 saturated carbocycles. The van der Waals surface area contributed by atoms with E-state index in [4.69, 9.17) is 4.74 Å². The first kappa shape index (κ1) is 75.6. The molecule has 0 spiro atoms. The Balaban J connectivity index is 3.38. The summed E-state index contributed by atoms with van der Waals surface area (Å²) in [5, 5.41) is 23.4. The minimum atomic E-state index is -0.668. The number of hydrogen-bond acceptors (Lipinski definition) is 5. The summed E-state index contributed by atoms with van der Waals surface area (Å²) < 4.78 is 5.51. The van der Waals surface area contributed by atoms with E-state index in [1.807, 2.05) is 0 Å². The van der Waals surface area contributed by atoms with E-state index in [0.717, 1.165) is 44.9 Å². The van der Waals surface area contributed by atoms with Crippen molar-refractivity contribution in [2.24, 2.45) is 0 Å². The van der Waals surface area contributed by atoms with Crippen LogP contribution in [0.15, 0.2) is 12.2 Å². The molecule has 1 amide bonds. The predicted molar refractivity (Wildman–Crippen MR) is 338 cm³/mol. The van der Waals surface area contributed by atoms with Gasteiger partial charge in [0, 0.05) is 12.8 Å². The van der Waals surface area contributed by atoms with Crippen molar-refractivity contribution in [3.63, 3.8) is 0 Å². The highest BCUT2D eigenvalue weighted by Gasteiger charge is 2.20. The smallest absolute Gasteiger partial charge is 0.305 e. The molecule has 2 atom stereocenters. The van der Waals surface area contributed by atoms with Crippen molar-refractivity contribution in [3.05, 3.63) is 12.2 Å². The average molecular weight is 1090 g/mol. The number of amides is 1. The molecule has 0 rings (SSSR count). The summed E-state index contributed by atoms with van der Waals surface area (Å²) in [4.78, 5) is 24.7. The van der Waals surface area contributed by atoms with Gasteiger partial charge in [-0.25, -0.2) is 0 Å². The van der Waals surface area contributed by atoms with Crippen molar-refractivity contribution in [2.75, 3.05) is 13.2 Å². The highest BCUT2D eigenvalue weighted by atomic mass is 16.5. The second-order valence-electron chi connectivity index (χ2n) is 24.6. The molecular formula is C71H139NO5. The summed E-state index contributed by atoms with van der Waals surface area (Å²) >= 11 is 0. The van der Waals surface area contributed by atoms with Crippen molar-refractivity contribution in [2.45, 2.75) is 418 Å². The molecule has 0 aliphatic carbocycles. The number of rotatable bonds is 67. The van der Waals surface area contributed by atoms with Crippen LogP contribution in [0.4, 0.5) is 0 Å². The third kappa shape index (κ3) is 63.6. The number of unbranched alkanes of at least 4 members (excludes halogenated alkanes) is 54. The first-order valence-electron chi connectivity index (χ1n) is 35.4. The predicted octanol–water partition coefficient (Wildman–Crippen LogP) is 22.8. The minimum absolute atomic E-state index is 0.00850. The Hall–Kier alpha value is -1.40. The maximum Gasteiger partial charge on any atom is 0.305 e. The SMILES string of the molecule is CCCCCCCC/C=C\CCCCCCCCCCCC(=O)OCCCCCCCCCCCCCCCCCCCCC(=O)NC(CO)C(O)CCCCCCCCCCCCCCCCCCCCCCCCC. The fourth-order valence-corrected chi connectivity index (χ4v) is 11.4. The Labute approximate surface area is 482 Å². The summed E-state index contributed by atoms with van der Waals surface area (Å²) in [7, 11) is 0. The van der Waals surface area contributed by atoms with Gasteiger partial charge in [0.25, 0.3) is 0 Å². The molecule has 0 aromatic heterocycles. The summed E-state index contributed by atoms with van der Waals surface area (Å²) in [6.07, 6.45) is 82.5. The largest absolute Gasteiger partial charge is 0.466 e. The molecule has 0 heterocycles. The van der Waals surface area contributed by atoms with E-state index in [2.05, 4.69) is 31.3 Å². The van der Waals surface area contributed by atoms with Crippen LogP contribution in [0.1, 0.15) is 406 Å². The number of aliphatic hydroxyl groups excluding tert-OH is 2. The van der Waals surface area contributed by atoms with Crippen LogP contribution in [0, 0.1) is 0 Å². The van der Waals surface area contributed by atoms with Gasteiger partial charge in [-0.3, -0.25) is 9.59 Å². The maximum atomic E-state index is 12.6. The highest BCUT2D eigenvalue weighted by molar-refractivity contribution is 5.76. The molecule has 0 aromatic rings. The number of hydrogen-bond donors (Lipinski definition) is 3. The van der Waals surface area contributed by atoms with Gasteiger partial charge in [-0.15, -0.1) is 0 Å². The van der Waals surface area contributed by atoms with Crippen LogP contribution in [-0.4, -0.2) is 47.4 Å². The fraction of sp³-hybridized carbons (Fsp3) is 0.944. The minimum Gasteiger partial charge on any atom is -0.466 e. The maximum absolute atomic E-state index is 12.6. The quantitative estimate of drug-likeness (QED) is 0.0320. The number of allylic oxidation sites excluding steroid dienone is 2. The van der Waals surface area contributed by atoms with E-state index in [0.29, 0.717) is 25.9 Å². The van der Waals surface area contributed by atoms with Gasteiger partial charge in [0.05, 0.1) is 25.4 Å². The van der Waals surface area contributed by atoms with E-state index in [1.54, 1.807) is 0 Å². The second-order valence-corrected chi connectivity index (χ2v) is 24.6. The number of esters is 1. The molecule has 458 valence electrons. The Kier molecular flexibility index (Phi) is 65.9. The van der Waals surface area contributed by atoms with E-state index in [9.17, 15) is 19.8 Å². The van der Waals surface area contributed by atoms with Gasteiger partial charge in [-0.05, 0) is 51.4 Å². The summed E-state index contributed by atoms with van der Waals surface area (Å²) in [5.74, 6) is -0.0253. The van der Waals surface area contributed by atoms with Crippen LogP contribution < -0.4 is 5.32 Å². The first-order chi connectivity index (χ1) is 38.0. The zero-order chi connectivity index (χ0) is 55.7. The molecule has 0 saturated heterocycles. The topological polar surface area (TPSA) is 95.9 Å². The Bertz CT molecular complexity index is 1160. The second kappa shape index (κ2) is 67.1. The highest BCUT2D eigenvalue weighted by Crippen LogP contribution is 2.19. The van der Waals surface area contributed by atoms with Crippen LogP contribution in [0.3, 0.4) is 0 Å². The van der Waals surface area contributed by atoms with Gasteiger partial charge in [-0.2, -0.15) is 0 Å². The number of ether oxygens (including phenoxy) is 1. The zero-order valence-corrected chi connectivity index (χ0v) is 52.5. The summed E-state index contributed by atoms with van der Waals surface area (Å²) in [5.41, 5.74) is 0. The van der Waals surface area contributed by atoms with Crippen molar-refractivity contribution in [1.82, 2.24) is 5.32 Å². The molecule has 0 aliphatic heterocycles. The van der Waals surface area contributed by atoms with Crippen molar-refractivity contribution in [1.29, 1.82) is 0 Å². The third-order valence-electron chi connectivity index (χ3n) is 16.8. The lowest BCUT2D eigenvalue weighted by Gasteiger charge is -2.22. The first-order valence-corrected chi connectivity index (χ1v) is 35.4. The van der Waals surface area contributed by atoms with Gasteiger partial charge in [0.1, 0.15) is 0 Å². The van der Waals surface area contributed by atoms with E-state index >= 15 is 0 Å². The monoisotopic (exact) mass is 1090 g/mol. The Morgan fingerprint density at radius 3 is 0.922 bits per heavy atom. The number of carbonyl (C=O) groups is 2. The Morgan fingerprint density at radius 2 is 0.610 bits per heavy atom. The van der Waals surface area contributed by atoms with Gasteiger partial charge in [0.2, 0.25) is 5.91 Å². The van der Waals surface area contributed by atoms with Crippen LogP contribution in [-0.2, 0) is 14.3 Å². The molecule has 0 radical (unpaired) electrons. The van der Waals surface area contributed by atoms with E-state index < -0.39 is 12.1 Å². The lowest BCUT2D eigenvalue weighted by atomic mass is 10.0. The summed E-state index contributed by atoms with van der Waals surface area (Å²) in [6.45, 7) is 4.99. The van der Waals surface area contributed by atoms with E-state index in [-0.39, 0.29) is 18.5 Å². The standard InChI is InChI=1S/C71H139NO5/c1-3-5-7-9-11-13-15-17-19-21-23-24-25-26-28-31-35-39-43-47-51-55-59-63-69(74)68(67-73)72-70(75)64-60-56-52-48-44-40-36-32-29-30-34-38-42-46-50-54-58-62-66-77-71(76)65-61-57-53-49-45-41-37-33-27-22-20-18-16-14-12-10-8-6-4-2/h18,20,68-69,73-74H,3-17,19,21-67H2,1-2H3,(H,72,75)/b20-18-. The van der Waals surface area contributed by atoms with Crippen LogP contribution >= 0.6 is 0 Å². The van der Waals surface area contributed by atoms with Gasteiger partial charge in [0.15, 0.2) is 0 Å². The van der Waals surface area contributed by atoms with Gasteiger partial charge >= 0.3 is 5.97 Å². The molecular weight excluding hydrogens is 947 g/mol. The molecule has 0 bridgehead atoms. The van der Waals surface area contributed by atoms with Gasteiger partial charge in [-0.1, -0.05) is 353 Å². The van der Waals surface area contributed by atoms with Crippen LogP contribution in [0.25, 0.3) is 0 Å². The average Bonchev–Trinajstić information content (AvgIpc) is 3.43. The van der Waals surface area contributed by atoms with Gasteiger partial charge < -0.3 is 20.3 Å². The zero-order valence-electron chi connectivity index (χ0n) is 52.5. The van der Waals surface area contributed by atoms with Crippen molar-refractivity contribution < 1.29 is 24.5 Å². The fourth-order valence-electron chi connectivity index (χ4n) is 11.4. The number of aliphatic hydroxyl groups is 2. The molecule has 77 heavy (non-hydrogen) atoms. The van der Waals surface area contributed by atoms with Crippen LogP contribution in [0.5, 0.6) is 0 Å². The number of carbonyl (C=O) groups excluding carboxylic acids is 2. The lowest BCUT2D eigenvalue weighted by Crippen LogP contribution is -2.45. The molecule has 0 aromatic carbocycles. The van der Waals surface area contributed by atoms with Crippen molar-refractivity contribution >= 4 is 11.9 Å². The molecule has 6 heteroatoms. The van der Waals surface area contributed by atoms with E-state index in [1.165, 1.54) is 327 Å². The molecule has 3 N–H and O–H groups in total. The summed E-state index contributed by atoms with van der Waals surface area (Å²) in [6, 6.07) is -0.545. The van der Waals surface area contributed by atoms with Crippen LogP contribution in [0.2, 0.25) is 0 Å². The third-order valence-corrected chi connectivity index (χ3v) is 16.8. The molecule has 0 fully saturated rings. The Morgan fingerprint density at radius 1 is 0.351 bits per heavy atom. The number of nitrogens with one attached hydrogen (secondary N) is 1. The normalized spacial score (nSPS) is 12.5.